The SMILES string of the molecule is [C-]#[N+]C1C2OC3C1OS(=O)(=O)C3C2OC(=O)COC(=O)C=C. The zero-order valence-corrected chi connectivity index (χ0v) is 11.9. The van der Waals surface area contributed by atoms with Gasteiger partial charge in [-0.15, -0.1) is 0 Å². The van der Waals surface area contributed by atoms with Gasteiger partial charge in [-0.25, -0.2) is 16.2 Å². The van der Waals surface area contributed by atoms with Crippen LogP contribution in [0.3, 0.4) is 0 Å². The molecule has 3 saturated heterocycles. The van der Waals surface area contributed by atoms with Crippen LogP contribution in [0.4, 0.5) is 0 Å². The van der Waals surface area contributed by atoms with Gasteiger partial charge >= 0.3 is 11.9 Å². The molecule has 10 heteroatoms. The van der Waals surface area contributed by atoms with Crippen LogP contribution in [0.5, 0.6) is 0 Å². The fourth-order valence-electron chi connectivity index (χ4n) is 2.95. The Hall–Kier alpha value is -1.96. The lowest BCUT2D eigenvalue weighted by Crippen LogP contribution is -2.49. The average Bonchev–Trinajstić information content (AvgIpc) is 3.05. The highest BCUT2D eigenvalue weighted by Crippen LogP contribution is 2.49. The molecule has 3 aliphatic rings. The van der Waals surface area contributed by atoms with Gasteiger partial charge in [0.15, 0.2) is 30.2 Å². The molecule has 118 valence electrons. The maximum absolute atomic E-state index is 12.0. The lowest BCUT2D eigenvalue weighted by atomic mass is 9.90. The topological polar surface area (TPSA) is 110 Å². The standard InChI is InChI=1S/C12H11NO8S/c1-3-5(14)18-4-6(15)19-10-8-7(13-2)9-11(20-8)12(10)22(16,17)21-9/h3,7-12H,1,4H2. The minimum Gasteiger partial charge on any atom is -0.455 e. The molecule has 3 rings (SSSR count). The Morgan fingerprint density at radius 3 is 2.68 bits per heavy atom. The second kappa shape index (κ2) is 5.05. The molecule has 0 aromatic heterocycles. The fourth-order valence-corrected chi connectivity index (χ4v) is 4.69. The summed E-state index contributed by atoms with van der Waals surface area (Å²) in [5.74, 6) is -1.74. The lowest BCUT2D eigenvalue weighted by molar-refractivity contribution is -0.161. The van der Waals surface area contributed by atoms with Crippen molar-refractivity contribution in [3.8, 4) is 0 Å². The van der Waals surface area contributed by atoms with Gasteiger partial charge in [0.25, 0.3) is 16.2 Å². The van der Waals surface area contributed by atoms with Crippen LogP contribution in [-0.4, -0.2) is 62.7 Å². The number of fused-ring (bicyclic) bond motifs is 1. The van der Waals surface area contributed by atoms with E-state index in [1.807, 2.05) is 0 Å². The number of hydrogen-bond donors (Lipinski definition) is 0. The van der Waals surface area contributed by atoms with Gasteiger partial charge in [0.05, 0.1) is 0 Å². The minimum atomic E-state index is -3.97. The molecule has 0 N–H and O–H groups in total. The summed E-state index contributed by atoms with van der Waals surface area (Å²) in [4.78, 5) is 25.9. The lowest BCUT2D eigenvalue weighted by Gasteiger charge is -2.22. The van der Waals surface area contributed by atoms with Crippen LogP contribution in [-0.2, 0) is 38.1 Å². The quantitative estimate of drug-likeness (QED) is 0.274. The Bertz CT molecular complexity index is 680. The molecule has 0 saturated carbocycles. The minimum absolute atomic E-state index is 0.682. The first kappa shape index (κ1) is 15.0. The summed E-state index contributed by atoms with van der Waals surface area (Å²) >= 11 is 0. The van der Waals surface area contributed by atoms with Crippen LogP contribution in [0.1, 0.15) is 0 Å². The van der Waals surface area contributed by atoms with E-state index < -0.39 is 64.4 Å². The molecule has 0 aromatic carbocycles. The fraction of sp³-hybridized carbons (Fsp3) is 0.583. The molecule has 6 atom stereocenters. The highest BCUT2D eigenvalue weighted by molar-refractivity contribution is 7.87. The summed E-state index contributed by atoms with van der Waals surface area (Å²) in [5, 5.41) is -1.15. The third-order valence-corrected chi connectivity index (χ3v) is 5.47. The van der Waals surface area contributed by atoms with Gasteiger partial charge in [0.1, 0.15) is 6.10 Å². The molecule has 0 radical (unpaired) electrons. The van der Waals surface area contributed by atoms with E-state index in [2.05, 4.69) is 16.2 Å². The van der Waals surface area contributed by atoms with Crippen molar-refractivity contribution < 1.29 is 36.4 Å². The van der Waals surface area contributed by atoms with E-state index in [1.54, 1.807) is 0 Å². The highest BCUT2D eigenvalue weighted by atomic mass is 32.2. The predicted molar refractivity (Wildman–Crippen MR) is 67.7 cm³/mol. The van der Waals surface area contributed by atoms with Gasteiger partial charge in [-0.1, -0.05) is 6.58 Å². The molecule has 3 aliphatic heterocycles. The zero-order chi connectivity index (χ0) is 16.1. The third kappa shape index (κ3) is 2.09. The molecule has 9 nitrogen and oxygen atoms in total. The summed E-state index contributed by atoms with van der Waals surface area (Å²) in [6.45, 7) is 9.61. The molecular formula is C12H11NO8S. The largest absolute Gasteiger partial charge is 0.455 e. The molecular weight excluding hydrogens is 318 g/mol. The second-order valence-electron chi connectivity index (χ2n) is 4.97. The van der Waals surface area contributed by atoms with Crippen LogP contribution in [0.2, 0.25) is 0 Å². The first-order valence-corrected chi connectivity index (χ1v) is 7.79. The number of carbonyl (C=O) groups excluding carboxylic acids is 2. The van der Waals surface area contributed by atoms with Gasteiger partial charge < -0.3 is 19.1 Å². The molecule has 3 heterocycles. The van der Waals surface area contributed by atoms with Crippen molar-refractivity contribution in [3.63, 3.8) is 0 Å². The molecule has 0 aromatic rings. The molecule has 2 bridgehead atoms. The average molecular weight is 329 g/mol. The van der Waals surface area contributed by atoms with Gasteiger partial charge in [-0.05, 0) is 0 Å². The predicted octanol–water partition coefficient (Wildman–Crippen LogP) is -1.21. The van der Waals surface area contributed by atoms with Crippen molar-refractivity contribution >= 4 is 22.1 Å². The number of hydrogen-bond acceptors (Lipinski definition) is 8. The van der Waals surface area contributed by atoms with Crippen LogP contribution in [0.15, 0.2) is 12.7 Å². The van der Waals surface area contributed by atoms with E-state index in [0.29, 0.717) is 0 Å². The van der Waals surface area contributed by atoms with Crippen molar-refractivity contribution in [2.75, 3.05) is 6.61 Å². The molecule has 6 unspecified atom stereocenters. The Labute approximate surface area is 125 Å². The number of esters is 2. The molecule has 0 spiro atoms. The maximum atomic E-state index is 12.0. The molecule has 22 heavy (non-hydrogen) atoms. The summed E-state index contributed by atoms with van der Waals surface area (Å²) < 4.78 is 43.8. The van der Waals surface area contributed by atoms with Crippen molar-refractivity contribution in [1.29, 1.82) is 0 Å². The molecule has 0 amide bonds. The van der Waals surface area contributed by atoms with E-state index in [-0.39, 0.29) is 0 Å². The summed E-state index contributed by atoms with van der Waals surface area (Å²) in [5.41, 5.74) is 0. The van der Waals surface area contributed by atoms with Crippen LogP contribution in [0.25, 0.3) is 4.85 Å². The number of rotatable bonds is 4. The summed E-state index contributed by atoms with van der Waals surface area (Å²) in [6.07, 6.45) is -2.81. The van der Waals surface area contributed by atoms with Crippen molar-refractivity contribution in [3.05, 3.63) is 24.1 Å². The highest BCUT2D eigenvalue weighted by Gasteiger charge is 2.75. The smallest absolute Gasteiger partial charge is 0.344 e. The van der Waals surface area contributed by atoms with E-state index in [4.69, 9.17) is 20.2 Å². The van der Waals surface area contributed by atoms with Gasteiger partial charge in [-0.3, -0.25) is 4.18 Å². The molecule has 3 fully saturated rings. The third-order valence-electron chi connectivity index (χ3n) is 3.78. The normalized spacial score (nSPS) is 40.0. The second-order valence-corrected chi connectivity index (χ2v) is 6.69. The van der Waals surface area contributed by atoms with Crippen LogP contribution < -0.4 is 0 Å². The van der Waals surface area contributed by atoms with E-state index in [9.17, 15) is 18.0 Å². The number of nitrogens with zero attached hydrogens (tertiary/aromatic N) is 1. The summed E-state index contributed by atoms with van der Waals surface area (Å²) in [6, 6.07) is -0.855. The van der Waals surface area contributed by atoms with Gasteiger partial charge in [-0.2, -0.15) is 8.42 Å². The van der Waals surface area contributed by atoms with Gasteiger partial charge in [0.2, 0.25) is 0 Å². The van der Waals surface area contributed by atoms with Crippen molar-refractivity contribution in [2.24, 2.45) is 0 Å². The Balaban J connectivity index is 1.74. The van der Waals surface area contributed by atoms with Crippen LogP contribution in [0, 0.1) is 6.57 Å². The van der Waals surface area contributed by atoms with Gasteiger partial charge in [0, 0.05) is 6.08 Å². The van der Waals surface area contributed by atoms with Crippen molar-refractivity contribution in [2.45, 2.75) is 35.7 Å². The number of ether oxygens (including phenoxy) is 3. The zero-order valence-electron chi connectivity index (χ0n) is 11.1. The Morgan fingerprint density at radius 1 is 1.32 bits per heavy atom. The first-order valence-electron chi connectivity index (χ1n) is 6.32. The van der Waals surface area contributed by atoms with Crippen LogP contribution >= 0.6 is 0 Å². The maximum Gasteiger partial charge on any atom is 0.344 e. The number of carbonyl (C=O) groups is 2. The Morgan fingerprint density at radius 2 is 2.05 bits per heavy atom. The van der Waals surface area contributed by atoms with E-state index in [1.165, 1.54) is 0 Å². The van der Waals surface area contributed by atoms with Crippen molar-refractivity contribution in [1.82, 2.24) is 0 Å². The Kier molecular flexibility index (Phi) is 3.43. The molecule has 0 aliphatic carbocycles. The van der Waals surface area contributed by atoms with E-state index in [0.717, 1.165) is 6.08 Å². The monoisotopic (exact) mass is 329 g/mol. The first-order chi connectivity index (χ1) is 10.4. The van der Waals surface area contributed by atoms with E-state index >= 15 is 0 Å². The summed E-state index contributed by atoms with van der Waals surface area (Å²) in [7, 11) is -3.97.